The van der Waals surface area contributed by atoms with Gasteiger partial charge in [0.2, 0.25) is 12.7 Å². The highest BCUT2D eigenvalue weighted by Crippen LogP contribution is 2.35. The molecule has 1 aliphatic heterocycles. The molecule has 13 heavy (non-hydrogen) atoms. The summed E-state index contributed by atoms with van der Waals surface area (Å²) in [7, 11) is 0. The number of hydrogen-bond acceptors (Lipinski definition) is 2. The normalized spacial score (nSPS) is 15.2. The number of phenolic OH excluding ortho intramolecular Hbond substituents is 1. The fourth-order valence-electron chi connectivity index (χ4n) is 1.40. The Labute approximate surface area is 83.4 Å². The van der Waals surface area contributed by atoms with Crippen molar-refractivity contribution < 1.29 is 9.87 Å². The molecule has 66 valence electrons. The van der Waals surface area contributed by atoms with Crippen LogP contribution in [-0.2, 0) is 6.54 Å². The number of phenols is 1. The summed E-state index contributed by atoms with van der Waals surface area (Å²) in [5.41, 5.74) is 1.55. The predicted molar refractivity (Wildman–Crippen MR) is 52.3 cm³/mol. The van der Waals surface area contributed by atoms with Crippen LogP contribution in [0, 0.1) is 4.91 Å². The van der Waals surface area contributed by atoms with Gasteiger partial charge in [0, 0.05) is 20.8 Å². The minimum atomic E-state index is 0.203. The number of hydrogen-bond donors (Lipinski definition) is 1. The minimum absolute atomic E-state index is 0.203. The van der Waals surface area contributed by atoms with Gasteiger partial charge in [-0.3, -0.25) is 0 Å². The number of nitrogens with zero attached hydrogens (tertiary/aromatic N) is 1. The standard InChI is InChI=1S/C9H6BrNO2/c10-7-5-11(13)4-6-2-1-3-8(12)9(6)7/h1-3,5H,4H2/p+1. The van der Waals surface area contributed by atoms with Crippen molar-refractivity contribution in [2.45, 2.75) is 6.54 Å². The van der Waals surface area contributed by atoms with Gasteiger partial charge in [-0.1, -0.05) is 12.1 Å². The number of fused-ring (bicyclic) bond motifs is 1. The van der Waals surface area contributed by atoms with Crippen LogP contribution in [0.15, 0.2) is 24.4 Å². The van der Waals surface area contributed by atoms with Crippen LogP contribution >= 0.6 is 15.9 Å². The zero-order valence-corrected chi connectivity index (χ0v) is 8.28. The van der Waals surface area contributed by atoms with E-state index in [9.17, 15) is 10.0 Å². The van der Waals surface area contributed by atoms with Crippen molar-refractivity contribution in [1.82, 2.24) is 0 Å². The van der Waals surface area contributed by atoms with Crippen LogP contribution in [0.3, 0.4) is 0 Å². The third kappa shape index (κ3) is 1.37. The van der Waals surface area contributed by atoms with Crippen LogP contribution in [0.5, 0.6) is 5.75 Å². The summed E-state index contributed by atoms with van der Waals surface area (Å²) >= 11 is 3.24. The van der Waals surface area contributed by atoms with E-state index in [0.717, 1.165) is 15.9 Å². The van der Waals surface area contributed by atoms with Crippen LogP contribution < -0.4 is 0 Å². The lowest BCUT2D eigenvalue weighted by atomic mass is 10.0. The van der Waals surface area contributed by atoms with Crippen molar-refractivity contribution in [3.05, 3.63) is 40.4 Å². The van der Waals surface area contributed by atoms with E-state index in [2.05, 4.69) is 15.9 Å². The molecule has 0 bridgehead atoms. The Morgan fingerprint density at radius 1 is 1.46 bits per heavy atom. The van der Waals surface area contributed by atoms with E-state index in [1.54, 1.807) is 12.1 Å². The molecular formula is C9H7BrNO2+. The molecule has 0 saturated heterocycles. The van der Waals surface area contributed by atoms with E-state index in [1.807, 2.05) is 6.07 Å². The van der Waals surface area contributed by atoms with Gasteiger partial charge in [0.05, 0.1) is 4.48 Å². The summed E-state index contributed by atoms with van der Waals surface area (Å²) in [6, 6.07) is 5.16. The number of benzene rings is 1. The molecule has 4 heteroatoms. The summed E-state index contributed by atoms with van der Waals surface area (Å²) in [6.45, 7) is 0.291. The van der Waals surface area contributed by atoms with Crippen LogP contribution in [0.2, 0.25) is 0 Å². The molecule has 0 aromatic heterocycles. The summed E-state index contributed by atoms with van der Waals surface area (Å²) in [6.07, 6.45) is 1.42. The molecule has 1 heterocycles. The van der Waals surface area contributed by atoms with Gasteiger partial charge in [0.25, 0.3) is 0 Å². The second-order valence-electron chi connectivity index (χ2n) is 2.86. The lowest BCUT2D eigenvalue weighted by Gasteiger charge is -2.09. The number of rotatable bonds is 0. The third-order valence-electron chi connectivity index (χ3n) is 1.95. The Kier molecular flexibility index (Phi) is 1.92. The van der Waals surface area contributed by atoms with Crippen molar-refractivity contribution in [2.24, 2.45) is 0 Å². The largest absolute Gasteiger partial charge is 0.507 e. The molecule has 1 aromatic carbocycles. The van der Waals surface area contributed by atoms with E-state index in [0.29, 0.717) is 11.0 Å². The summed E-state index contributed by atoms with van der Waals surface area (Å²) in [5, 5.41) is 9.52. The first-order valence-electron chi connectivity index (χ1n) is 3.81. The number of nitroso groups, excluding NO2 is 1. The summed E-state index contributed by atoms with van der Waals surface area (Å²) < 4.78 is 1.45. The summed E-state index contributed by atoms with van der Waals surface area (Å²) in [4.78, 5) is 11.1. The molecule has 1 N–H and O–H groups in total. The van der Waals surface area contributed by atoms with Gasteiger partial charge >= 0.3 is 0 Å². The van der Waals surface area contributed by atoms with Crippen molar-refractivity contribution in [2.75, 3.05) is 0 Å². The number of halogens is 1. The molecule has 1 aliphatic rings. The van der Waals surface area contributed by atoms with Crippen LogP contribution in [0.4, 0.5) is 0 Å². The van der Waals surface area contributed by atoms with Crippen molar-refractivity contribution in [3.63, 3.8) is 0 Å². The fraction of sp³-hybridized carbons (Fsp3) is 0.111. The van der Waals surface area contributed by atoms with E-state index >= 15 is 0 Å². The first-order chi connectivity index (χ1) is 6.18. The highest BCUT2D eigenvalue weighted by atomic mass is 79.9. The topological polar surface area (TPSA) is 40.3 Å². The molecule has 2 rings (SSSR count). The Morgan fingerprint density at radius 3 is 3.00 bits per heavy atom. The maximum absolute atomic E-state index is 11.1. The molecular weight excluding hydrogens is 234 g/mol. The Morgan fingerprint density at radius 2 is 2.23 bits per heavy atom. The quantitative estimate of drug-likeness (QED) is 0.708. The van der Waals surface area contributed by atoms with E-state index in [1.165, 1.54) is 6.20 Å². The molecule has 0 aliphatic carbocycles. The lowest BCUT2D eigenvalue weighted by molar-refractivity contribution is -0.496. The van der Waals surface area contributed by atoms with Gasteiger partial charge in [-0.05, 0) is 22.0 Å². The maximum atomic E-state index is 11.1. The van der Waals surface area contributed by atoms with Crippen LogP contribution in [-0.4, -0.2) is 9.87 Å². The molecule has 0 fully saturated rings. The molecule has 0 saturated carbocycles. The molecule has 0 spiro atoms. The molecule has 0 unspecified atom stereocenters. The average Bonchev–Trinajstić information content (AvgIpc) is 2.02. The monoisotopic (exact) mass is 240 g/mol. The van der Waals surface area contributed by atoms with Gasteiger partial charge in [-0.2, -0.15) is 0 Å². The first kappa shape index (κ1) is 8.44. The third-order valence-corrected chi connectivity index (χ3v) is 2.55. The SMILES string of the molecule is O=[N+]1C=C(Br)c2c(O)cccc2C1. The second kappa shape index (κ2) is 2.96. The van der Waals surface area contributed by atoms with Crippen LogP contribution in [0.25, 0.3) is 4.48 Å². The van der Waals surface area contributed by atoms with Gasteiger partial charge in [-0.25, -0.2) is 0 Å². The molecule has 0 radical (unpaired) electrons. The van der Waals surface area contributed by atoms with Crippen LogP contribution in [0.1, 0.15) is 11.1 Å². The Hall–Kier alpha value is -1.16. The highest BCUT2D eigenvalue weighted by Gasteiger charge is 2.23. The van der Waals surface area contributed by atoms with Crippen molar-refractivity contribution in [1.29, 1.82) is 0 Å². The van der Waals surface area contributed by atoms with E-state index < -0.39 is 0 Å². The average molecular weight is 241 g/mol. The maximum Gasteiger partial charge on any atom is 0.236 e. The zero-order valence-electron chi connectivity index (χ0n) is 6.70. The van der Waals surface area contributed by atoms with Crippen molar-refractivity contribution in [3.8, 4) is 5.75 Å². The molecule has 1 aromatic rings. The molecule has 0 atom stereocenters. The van der Waals surface area contributed by atoms with E-state index in [-0.39, 0.29) is 5.75 Å². The van der Waals surface area contributed by atoms with Gasteiger partial charge in [-0.15, -0.1) is 0 Å². The van der Waals surface area contributed by atoms with Crippen molar-refractivity contribution >= 4 is 20.4 Å². The van der Waals surface area contributed by atoms with Gasteiger partial charge < -0.3 is 5.11 Å². The predicted octanol–water partition coefficient (Wildman–Crippen LogP) is 2.38. The Balaban J connectivity index is 2.67. The zero-order chi connectivity index (χ0) is 9.42. The molecule has 3 nitrogen and oxygen atoms in total. The van der Waals surface area contributed by atoms with E-state index in [4.69, 9.17) is 0 Å². The first-order valence-corrected chi connectivity index (χ1v) is 4.60. The number of aromatic hydroxyl groups is 1. The lowest BCUT2D eigenvalue weighted by Crippen LogP contribution is -2.07. The second-order valence-corrected chi connectivity index (χ2v) is 3.72. The smallest absolute Gasteiger partial charge is 0.236 e. The molecule has 0 amide bonds. The fourth-order valence-corrected chi connectivity index (χ4v) is 2.08. The Bertz CT molecular complexity index is 412. The van der Waals surface area contributed by atoms with Gasteiger partial charge in [0.1, 0.15) is 5.75 Å². The summed E-state index contributed by atoms with van der Waals surface area (Å²) in [5.74, 6) is 0.203. The highest BCUT2D eigenvalue weighted by molar-refractivity contribution is 9.15. The van der Waals surface area contributed by atoms with Gasteiger partial charge in [0.15, 0.2) is 0 Å². The minimum Gasteiger partial charge on any atom is -0.507 e.